The van der Waals surface area contributed by atoms with Crippen LogP contribution >= 0.6 is 0 Å². The van der Waals surface area contributed by atoms with Gasteiger partial charge in [0.1, 0.15) is 0 Å². The van der Waals surface area contributed by atoms with Crippen molar-refractivity contribution in [1.82, 2.24) is 20.0 Å². The smallest absolute Gasteiger partial charge is 0.151 e. The highest BCUT2D eigenvalue weighted by Crippen LogP contribution is 2.01. The average Bonchev–Trinajstić information content (AvgIpc) is 2.78. The van der Waals surface area contributed by atoms with Crippen molar-refractivity contribution in [3.8, 4) is 0 Å². The summed E-state index contributed by atoms with van der Waals surface area (Å²) in [6, 6.07) is 0. The molecule has 0 bridgehead atoms. The molecule has 1 aliphatic heterocycles. The molecule has 0 aliphatic carbocycles. The van der Waals surface area contributed by atoms with E-state index in [0.29, 0.717) is 13.0 Å². The zero-order valence-corrected chi connectivity index (χ0v) is 10.4. The molecule has 0 atom stereocenters. The van der Waals surface area contributed by atoms with E-state index in [1.54, 1.807) is 6.20 Å². The summed E-state index contributed by atoms with van der Waals surface area (Å²) in [5, 5.41) is 7.46. The van der Waals surface area contributed by atoms with E-state index in [1.807, 2.05) is 17.8 Å². The van der Waals surface area contributed by atoms with Gasteiger partial charge in [0.2, 0.25) is 0 Å². The Morgan fingerprint density at radius 3 is 2.88 bits per heavy atom. The number of aryl methyl sites for hydroxylation is 1. The van der Waals surface area contributed by atoms with Crippen LogP contribution in [0.3, 0.4) is 0 Å². The first-order valence-electron chi connectivity index (χ1n) is 6.24. The minimum atomic E-state index is 0.280. The van der Waals surface area contributed by atoms with E-state index >= 15 is 0 Å². The molecule has 17 heavy (non-hydrogen) atoms. The molecule has 1 fully saturated rings. The van der Waals surface area contributed by atoms with Crippen molar-refractivity contribution in [2.45, 2.75) is 19.9 Å². The number of nitrogens with one attached hydrogen (secondary N) is 1. The summed E-state index contributed by atoms with van der Waals surface area (Å²) in [5.74, 6) is 0.280. The molecule has 1 N–H and O–H groups in total. The lowest BCUT2D eigenvalue weighted by atomic mass is 10.1. The van der Waals surface area contributed by atoms with Crippen molar-refractivity contribution in [1.29, 1.82) is 0 Å². The Morgan fingerprint density at radius 1 is 1.47 bits per heavy atom. The Balaban J connectivity index is 1.79. The van der Waals surface area contributed by atoms with Crippen molar-refractivity contribution in [3.63, 3.8) is 0 Å². The lowest BCUT2D eigenvalue weighted by Gasteiger charge is -2.26. The molecule has 2 rings (SSSR count). The van der Waals surface area contributed by atoms with Gasteiger partial charge in [-0.25, -0.2) is 0 Å². The summed E-state index contributed by atoms with van der Waals surface area (Å²) >= 11 is 0. The zero-order chi connectivity index (χ0) is 12.1. The fourth-order valence-corrected chi connectivity index (χ4v) is 2.07. The Morgan fingerprint density at radius 2 is 2.24 bits per heavy atom. The average molecular weight is 236 g/mol. The summed E-state index contributed by atoms with van der Waals surface area (Å²) in [6.07, 6.45) is 4.25. The summed E-state index contributed by atoms with van der Waals surface area (Å²) in [5.41, 5.74) is 1.02. The van der Waals surface area contributed by atoms with Crippen LogP contribution in [0.25, 0.3) is 0 Å². The van der Waals surface area contributed by atoms with Crippen LogP contribution in [-0.2, 0) is 17.8 Å². The van der Waals surface area contributed by atoms with Crippen molar-refractivity contribution in [3.05, 3.63) is 18.0 Å². The summed E-state index contributed by atoms with van der Waals surface area (Å²) in [4.78, 5) is 14.1. The molecule has 0 aromatic carbocycles. The molecule has 0 radical (unpaired) electrons. The number of ketones is 1. The Hall–Kier alpha value is -1.20. The van der Waals surface area contributed by atoms with Gasteiger partial charge in [-0.1, -0.05) is 0 Å². The van der Waals surface area contributed by atoms with E-state index in [1.165, 1.54) is 0 Å². The normalized spacial score (nSPS) is 17.2. The van der Waals surface area contributed by atoms with Crippen LogP contribution in [0.15, 0.2) is 12.4 Å². The highest BCUT2D eigenvalue weighted by molar-refractivity contribution is 5.82. The Kier molecular flexibility index (Phi) is 4.28. The lowest BCUT2D eigenvalue weighted by Crippen LogP contribution is -2.45. The van der Waals surface area contributed by atoms with Crippen molar-refractivity contribution in [2.24, 2.45) is 0 Å². The van der Waals surface area contributed by atoms with Crippen LogP contribution in [-0.4, -0.2) is 53.2 Å². The Bertz CT molecular complexity index is 368. The molecule has 1 aromatic heterocycles. The zero-order valence-electron chi connectivity index (χ0n) is 10.4. The van der Waals surface area contributed by atoms with Crippen LogP contribution in [0.4, 0.5) is 0 Å². The number of Topliss-reactive ketones (excluding diaryl/α,β-unsaturated/α-hetero) is 1. The molecular formula is C12H20N4O. The number of aromatic nitrogens is 2. The van der Waals surface area contributed by atoms with E-state index < -0.39 is 0 Å². The van der Waals surface area contributed by atoms with Gasteiger partial charge in [-0.3, -0.25) is 14.4 Å². The molecule has 5 heteroatoms. The summed E-state index contributed by atoms with van der Waals surface area (Å²) in [7, 11) is 0. The monoisotopic (exact) mass is 236 g/mol. The van der Waals surface area contributed by atoms with E-state index in [0.717, 1.165) is 38.3 Å². The second-order valence-corrected chi connectivity index (χ2v) is 4.45. The fraction of sp³-hybridized carbons (Fsp3) is 0.667. The van der Waals surface area contributed by atoms with Crippen LogP contribution in [0.5, 0.6) is 0 Å². The van der Waals surface area contributed by atoms with Gasteiger partial charge in [-0.15, -0.1) is 0 Å². The predicted molar refractivity (Wildman–Crippen MR) is 65.9 cm³/mol. The van der Waals surface area contributed by atoms with Gasteiger partial charge in [0, 0.05) is 45.3 Å². The minimum absolute atomic E-state index is 0.280. The van der Waals surface area contributed by atoms with Gasteiger partial charge < -0.3 is 5.32 Å². The molecule has 1 aromatic rings. The molecule has 0 saturated carbocycles. The third-order valence-electron chi connectivity index (χ3n) is 3.02. The van der Waals surface area contributed by atoms with Gasteiger partial charge >= 0.3 is 0 Å². The maximum atomic E-state index is 11.9. The molecular weight excluding hydrogens is 216 g/mol. The number of carbonyl (C=O) groups excluding carboxylic acids is 1. The largest absolute Gasteiger partial charge is 0.314 e. The lowest BCUT2D eigenvalue weighted by molar-refractivity contribution is -0.119. The van der Waals surface area contributed by atoms with Crippen LogP contribution in [0, 0.1) is 0 Å². The first-order valence-corrected chi connectivity index (χ1v) is 6.24. The van der Waals surface area contributed by atoms with E-state index in [4.69, 9.17) is 0 Å². The highest BCUT2D eigenvalue weighted by atomic mass is 16.1. The number of hydrogen-bond acceptors (Lipinski definition) is 4. The predicted octanol–water partition coefficient (Wildman–Crippen LogP) is -0.0802. The van der Waals surface area contributed by atoms with Gasteiger partial charge in [0.05, 0.1) is 12.7 Å². The second-order valence-electron chi connectivity index (χ2n) is 4.45. The van der Waals surface area contributed by atoms with Crippen LogP contribution in [0.2, 0.25) is 0 Å². The van der Waals surface area contributed by atoms with Crippen molar-refractivity contribution < 1.29 is 4.79 Å². The van der Waals surface area contributed by atoms with Crippen LogP contribution < -0.4 is 5.32 Å². The molecule has 5 nitrogen and oxygen atoms in total. The summed E-state index contributed by atoms with van der Waals surface area (Å²) in [6.45, 7) is 7.38. The number of carbonyl (C=O) groups is 1. The standard InChI is InChI=1S/C12H20N4O/c1-2-16-9-11(8-14-16)7-12(17)10-15-5-3-13-4-6-15/h8-9,13H,2-7,10H2,1H3. The number of hydrogen-bond donors (Lipinski definition) is 1. The fourth-order valence-electron chi connectivity index (χ4n) is 2.07. The van der Waals surface area contributed by atoms with Gasteiger partial charge in [0.25, 0.3) is 0 Å². The van der Waals surface area contributed by atoms with E-state index in [9.17, 15) is 4.79 Å². The SMILES string of the molecule is CCn1cc(CC(=O)CN2CCNCC2)cn1. The molecule has 0 unspecified atom stereocenters. The first kappa shape index (κ1) is 12.3. The minimum Gasteiger partial charge on any atom is -0.314 e. The second kappa shape index (κ2) is 5.93. The summed E-state index contributed by atoms with van der Waals surface area (Å²) < 4.78 is 1.85. The first-order chi connectivity index (χ1) is 8.28. The van der Waals surface area contributed by atoms with E-state index in [-0.39, 0.29) is 5.78 Å². The molecule has 2 heterocycles. The van der Waals surface area contributed by atoms with Gasteiger partial charge in [-0.2, -0.15) is 5.10 Å². The maximum absolute atomic E-state index is 11.9. The van der Waals surface area contributed by atoms with E-state index in [2.05, 4.69) is 15.3 Å². The third-order valence-corrected chi connectivity index (χ3v) is 3.02. The third kappa shape index (κ3) is 3.64. The molecule has 0 amide bonds. The van der Waals surface area contributed by atoms with Crippen LogP contribution in [0.1, 0.15) is 12.5 Å². The van der Waals surface area contributed by atoms with Gasteiger partial charge in [-0.05, 0) is 12.5 Å². The Labute approximate surface area is 102 Å². The number of nitrogens with zero attached hydrogens (tertiary/aromatic N) is 3. The highest BCUT2D eigenvalue weighted by Gasteiger charge is 2.14. The molecule has 94 valence electrons. The molecule has 0 spiro atoms. The quantitative estimate of drug-likeness (QED) is 0.777. The number of piperazine rings is 1. The maximum Gasteiger partial charge on any atom is 0.151 e. The van der Waals surface area contributed by atoms with Crippen molar-refractivity contribution >= 4 is 5.78 Å². The molecule has 1 saturated heterocycles. The molecule has 1 aliphatic rings. The number of rotatable bonds is 5. The van der Waals surface area contributed by atoms with Crippen molar-refractivity contribution in [2.75, 3.05) is 32.7 Å². The topological polar surface area (TPSA) is 50.2 Å². The van der Waals surface area contributed by atoms with Gasteiger partial charge in [0.15, 0.2) is 5.78 Å².